The molecule has 0 saturated heterocycles. The summed E-state index contributed by atoms with van der Waals surface area (Å²) < 4.78 is 0. The standard InChI is InChI=1S/C15H13ClN6/c16-13-14(17)21-9-22-15(13)20-8-12-18-6-11(7-19-12)10-4-2-1-3-5-10/h1-7,9H,8H2,(H3,17,20,21,22). The number of nitrogens with zero attached hydrogens (tertiary/aromatic N) is 4. The van der Waals surface area contributed by atoms with Crippen LogP contribution in [0.2, 0.25) is 5.02 Å². The van der Waals surface area contributed by atoms with Gasteiger partial charge in [0, 0.05) is 18.0 Å². The summed E-state index contributed by atoms with van der Waals surface area (Å²) in [5.74, 6) is 1.33. The van der Waals surface area contributed by atoms with E-state index < -0.39 is 0 Å². The van der Waals surface area contributed by atoms with Crippen LogP contribution in [0.25, 0.3) is 11.1 Å². The SMILES string of the molecule is Nc1ncnc(NCc2ncc(-c3ccccc3)cn2)c1Cl. The summed E-state index contributed by atoms with van der Waals surface area (Å²) in [6.45, 7) is 0.394. The van der Waals surface area contributed by atoms with Crippen molar-refractivity contribution < 1.29 is 0 Å². The van der Waals surface area contributed by atoms with Gasteiger partial charge in [0.1, 0.15) is 23.0 Å². The molecule has 0 aliphatic heterocycles. The molecule has 0 fully saturated rings. The molecular weight excluding hydrogens is 300 g/mol. The van der Waals surface area contributed by atoms with E-state index in [2.05, 4.69) is 25.3 Å². The van der Waals surface area contributed by atoms with Crippen LogP contribution in [0.15, 0.2) is 49.1 Å². The van der Waals surface area contributed by atoms with Gasteiger partial charge in [-0.15, -0.1) is 0 Å². The quantitative estimate of drug-likeness (QED) is 0.770. The van der Waals surface area contributed by atoms with E-state index in [-0.39, 0.29) is 5.82 Å². The van der Waals surface area contributed by atoms with Crippen molar-refractivity contribution in [1.82, 2.24) is 19.9 Å². The Morgan fingerprint density at radius 2 is 1.68 bits per heavy atom. The van der Waals surface area contributed by atoms with Gasteiger partial charge in [0.15, 0.2) is 5.82 Å². The van der Waals surface area contributed by atoms with Gasteiger partial charge in [-0.2, -0.15) is 0 Å². The Labute approximate surface area is 132 Å². The van der Waals surface area contributed by atoms with Crippen LogP contribution in [-0.4, -0.2) is 19.9 Å². The van der Waals surface area contributed by atoms with Gasteiger partial charge in [-0.1, -0.05) is 41.9 Å². The van der Waals surface area contributed by atoms with E-state index in [4.69, 9.17) is 17.3 Å². The number of rotatable bonds is 4. The molecule has 3 N–H and O–H groups in total. The van der Waals surface area contributed by atoms with Crippen molar-refractivity contribution in [2.75, 3.05) is 11.1 Å². The van der Waals surface area contributed by atoms with E-state index in [1.54, 1.807) is 12.4 Å². The van der Waals surface area contributed by atoms with Gasteiger partial charge in [-0.05, 0) is 5.56 Å². The maximum Gasteiger partial charge on any atom is 0.150 e. The highest BCUT2D eigenvalue weighted by Crippen LogP contribution is 2.23. The summed E-state index contributed by atoms with van der Waals surface area (Å²) in [7, 11) is 0. The Balaban J connectivity index is 1.70. The average molecular weight is 313 g/mol. The molecule has 0 amide bonds. The highest BCUT2D eigenvalue weighted by molar-refractivity contribution is 6.35. The molecule has 6 nitrogen and oxygen atoms in total. The lowest BCUT2D eigenvalue weighted by Crippen LogP contribution is -2.07. The largest absolute Gasteiger partial charge is 0.382 e. The van der Waals surface area contributed by atoms with Crippen molar-refractivity contribution in [2.24, 2.45) is 0 Å². The van der Waals surface area contributed by atoms with Gasteiger partial charge >= 0.3 is 0 Å². The van der Waals surface area contributed by atoms with Crippen LogP contribution in [0.4, 0.5) is 11.6 Å². The normalized spacial score (nSPS) is 10.4. The number of nitrogens with one attached hydrogen (secondary N) is 1. The fourth-order valence-corrected chi connectivity index (χ4v) is 2.06. The predicted molar refractivity (Wildman–Crippen MR) is 86.2 cm³/mol. The molecule has 0 unspecified atom stereocenters. The second-order valence-corrected chi connectivity index (χ2v) is 4.91. The number of benzene rings is 1. The minimum atomic E-state index is 0.236. The molecular formula is C15H13ClN6. The Bertz CT molecular complexity index is 761. The minimum Gasteiger partial charge on any atom is -0.382 e. The molecule has 110 valence electrons. The van der Waals surface area contributed by atoms with Crippen LogP contribution in [0.3, 0.4) is 0 Å². The van der Waals surface area contributed by atoms with E-state index in [0.717, 1.165) is 11.1 Å². The zero-order chi connectivity index (χ0) is 15.4. The first-order valence-electron chi connectivity index (χ1n) is 6.60. The zero-order valence-electron chi connectivity index (χ0n) is 11.6. The van der Waals surface area contributed by atoms with Crippen molar-refractivity contribution in [3.05, 3.63) is 59.9 Å². The third-order valence-corrected chi connectivity index (χ3v) is 3.42. The smallest absolute Gasteiger partial charge is 0.150 e. The van der Waals surface area contributed by atoms with Gasteiger partial charge in [0.05, 0.1) is 6.54 Å². The zero-order valence-corrected chi connectivity index (χ0v) is 12.3. The van der Waals surface area contributed by atoms with Crippen LogP contribution in [0, 0.1) is 0 Å². The van der Waals surface area contributed by atoms with Crippen molar-refractivity contribution >= 4 is 23.2 Å². The molecule has 3 aromatic rings. The van der Waals surface area contributed by atoms with E-state index in [9.17, 15) is 0 Å². The van der Waals surface area contributed by atoms with Gasteiger partial charge in [0.2, 0.25) is 0 Å². The molecule has 7 heteroatoms. The van der Waals surface area contributed by atoms with Gasteiger partial charge in [0.25, 0.3) is 0 Å². The lowest BCUT2D eigenvalue weighted by atomic mass is 10.1. The van der Waals surface area contributed by atoms with Crippen LogP contribution in [0.5, 0.6) is 0 Å². The number of hydrogen-bond acceptors (Lipinski definition) is 6. The highest BCUT2D eigenvalue weighted by atomic mass is 35.5. The first kappa shape index (κ1) is 14.2. The third kappa shape index (κ3) is 3.12. The predicted octanol–water partition coefficient (Wildman–Crippen LogP) is 2.78. The molecule has 0 saturated carbocycles. The number of halogens is 1. The Kier molecular flexibility index (Phi) is 4.11. The first-order chi connectivity index (χ1) is 10.7. The van der Waals surface area contributed by atoms with Crippen molar-refractivity contribution in [3.63, 3.8) is 0 Å². The molecule has 22 heavy (non-hydrogen) atoms. The fraction of sp³-hybridized carbons (Fsp3) is 0.0667. The monoisotopic (exact) mass is 312 g/mol. The summed E-state index contributed by atoms with van der Waals surface area (Å²) in [4.78, 5) is 16.5. The number of nitrogen functional groups attached to an aromatic ring is 1. The number of aromatic nitrogens is 4. The van der Waals surface area contributed by atoms with Crippen LogP contribution < -0.4 is 11.1 Å². The lowest BCUT2D eigenvalue weighted by Gasteiger charge is -2.07. The minimum absolute atomic E-state index is 0.236. The molecule has 2 aromatic heterocycles. The molecule has 0 bridgehead atoms. The summed E-state index contributed by atoms with van der Waals surface area (Å²) in [6, 6.07) is 9.96. The first-order valence-corrected chi connectivity index (χ1v) is 6.98. The van der Waals surface area contributed by atoms with E-state index >= 15 is 0 Å². The molecule has 1 aromatic carbocycles. The molecule has 2 heterocycles. The molecule has 0 spiro atoms. The van der Waals surface area contributed by atoms with Gasteiger partial charge in [-0.25, -0.2) is 19.9 Å². The van der Waals surface area contributed by atoms with Crippen LogP contribution in [0.1, 0.15) is 5.82 Å². The summed E-state index contributed by atoms with van der Waals surface area (Å²) in [5.41, 5.74) is 7.66. The van der Waals surface area contributed by atoms with Crippen molar-refractivity contribution in [1.29, 1.82) is 0 Å². The topological polar surface area (TPSA) is 89.6 Å². The fourth-order valence-electron chi connectivity index (χ4n) is 1.90. The maximum atomic E-state index is 6.01. The van der Waals surface area contributed by atoms with Crippen molar-refractivity contribution in [3.8, 4) is 11.1 Å². The molecule has 0 aliphatic rings. The summed E-state index contributed by atoms with van der Waals surface area (Å²) in [6.07, 6.45) is 4.92. The Morgan fingerprint density at radius 1 is 0.955 bits per heavy atom. The second kappa shape index (κ2) is 6.36. The van der Waals surface area contributed by atoms with Crippen LogP contribution in [-0.2, 0) is 6.54 Å². The maximum absolute atomic E-state index is 6.01. The lowest BCUT2D eigenvalue weighted by molar-refractivity contribution is 0.940. The van der Waals surface area contributed by atoms with E-state index in [0.29, 0.717) is 23.2 Å². The van der Waals surface area contributed by atoms with E-state index in [1.807, 2.05) is 30.3 Å². The number of anilines is 2. The van der Waals surface area contributed by atoms with Gasteiger partial charge < -0.3 is 11.1 Å². The molecule has 0 radical (unpaired) electrons. The molecule has 0 aliphatic carbocycles. The van der Waals surface area contributed by atoms with Crippen LogP contribution >= 0.6 is 11.6 Å². The molecule has 3 rings (SSSR count). The summed E-state index contributed by atoms with van der Waals surface area (Å²) >= 11 is 6.01. The number of nitrogens with two attached hydrogens (primary N) is 1. The van der Waals surface area contributed by atoms with E-state index in [1.165, 1.54) is 6.33 Å². The third-order valence-electron chi connectivity index (χ3n) is 3.04. The Morgan fingerprint density at radius 3 is 2.41 bits per heavy atom. The van der Waals surface area contributed by atoms with Gasteiger partial charge in [-0.3, -0.25) is 0 Å². The molecule has 0 atom stereocenters. The second-order valence-electron chi connectivity index (χ2n) is 4.53. The highest BCUT2D eigenvalue weighted by Gasteiger charge is 2.07. The number of hydrogen-bond donors (Lipinski definition) is 2. The summed E-state index contributed by atoms with van der Waals surface area (Å²) in [5, 5.41) is 3.34. The van der Waals surface area contributed by atoms with Crippen molar-refractivity contribution in [2.45, 2.75) is 6.54 Å². The Hall–Kier alpha value is -2.73. The average Bonchev–Trinajstić information content (AvgIpc) is 2.57.